The fraction of sp³-hybridized carbons (Fsp3) is 0.107. The first kappa shape index (κ1) is 23.3. The summed E-state index contributed by atoms with van der Waals surface area (Å²) in [6.07, 6.45) is 5.36. The average molecular weight is 499 g/mol. The normalized spacial score (nSPS) is 11.5. The van der Waals surface area contributed by atoms with E-state index in [4.69, 9.17) is 16.7 Å². The molecule has 5 rings (SSSR count). The third-order valence-corrected chi connectivity index (χ3v) is 6.75. The van der Waals surface area contributed by atoms with Crippen LogP contribution < -0.4 is 0 Å². The molecule has 0 unspecified atom stereocenters. The van der Waals surface area contributed by atoms with Gasteiger partial charge in [0.25, 0.3) is 0 Å². The van der Waals surface area contributed by atoms with Gasteiger partial charge in [0.1, 0.15) is 11.3 Å². The van der Waals surface area contributed by atoms with Gasteiger partial charge in [0.15, 0.2) is 0 Å². The molecule has 5 aromatic rings. The van der Waals surface area contributed by atoms with Gasteiger partial charge in [-0.15, -0.1) is 0 Å². The van der Waals surface area contributed by atoms with E-state index >= 15 is 0 Å². The van der Waals surface area contributed by atoms with Crippen molar-refractivity contribution < 1.29 is 5.11 Å². The summed E-state index contributed by atoms with van der Waals surface area (Å²) in [6, 6.07) is 26.0. The Bertz CT molecular complexity index is 1430. The number of hydrogen-bond acceptors (Lipinski definition) is 5. The monoisotopic (exact) mass is 498 g/mol. The van der Waals surface area contributed by atoms with E-state index in [9.17, 15) is 5.11 Å². The van der Waals surface area contributed by atoms with E-state index in [0.29, 0.717) is 10.7 Å². The summed E-state index contributed by atoms with van der Waals surface area (Å²) in [5.74, 6) is 0. The quantitative estimate of drug-likeness (QED) is 0.272. The smallest absolute Gasteiger partial charge is 0.107 e. The lowest BCUT2D eigenvalue weighted by Crippen LogP contribution is -2.17. The molecule has 7 heteroatoms. The van der Waals surface area contributed by atoms with Crippen molar-refractivity contribution in [2.24, 2.45) is 0 Å². The van der Waals surface area contributed by atoms with Gasteiger partial charge in [0.05, 0.1) is 34.4 Å². The molecule has 0 saturated carbocycles. The minimum atomic E-state index is -1.02. The Balaban J connectivity index is 1.49. The maximum absolute atomic E-state index is 10.1. The van der Waals surface area contributed by atoms with E-state index < -0.39 is 5.60 Å². The molecule has 0 saturated heterocycles. The van der Waals surface area contributed by atoms with Crippen LogP contribution in [0.15, 0.2) is 107 Å². The molecule has 2 aromatic heterocycles. The number of hydrogen-bond donors (Lipinski definition) is 1. The first-order valence-corrected chi connectivity index (χ1v) is 12.3. The lowest BCUT2D eigenvalue weighted by Gasteiger charge is -2.15. The summed E-state index contributed by atoms with van der Waals surface area (Å²) < 4.78 is 1.91. The van der Waals surface area contributed by atoms with E-state index in [1.54, 1.807) is 38.0 Å². The van der Waals surface area contributed by atoms with Crippen molar-refractivity contribution >= 4 is 23.4 Å². The van der Waals surface area contributed by atoms with Crippen LogP contribution in [0.1, 0.15) is 19.5 Å². The third kappa shape index (κ3) is 5.30. The molecule has 174 valence electrons. The van der Waals surface area contributed by atoms with Crippen LogP contribution >= 0.6 is 23.4 Å². The van der Waals surface area contributed by atoms with Crippen molar-refractivity contribution in [3.8, 4) is 28.2 Å². The van der Waals surface area contributed by atoms with Gasteiger partial charge in [-0.2, -0.15) is 5.10 Å². The molecule has 0 aliphatic carbocycles. The van der Waals surface area contributed by atoms with Gasteiger partial charge in [-0.1, -0.05) is 65.8 Å². The second-order valence-corrected chi connectivity index (χ2v) is 10.2. The molecule has 2 heterocycles. The first-order valence-electron chi connectivity index (χ1n) is 11.1. The van der Waals surface area contributed by atoms with Gasteiger partial charge in [-0.25, -0.2) is 4.68 Å². The molecule has 0 spiro atoms. The molecule has 0 radical (unpaired) electrons. The molecule has 0 fully saturated rings. The van der Waals surface area contributed by atoms with Crippen molar-refractivity contribution in [2.75, 3.05) is 0 Å². The van der Waals surface area contributed by atoms with Crippen LogP contribution in [0.5, 0.6) is 0 Å². The van der Waals surface area contributed by atoms with Crippen LogP contribution in [-0.2, 0) is 5.60 Å². The highest BCUT2D eigenvalue weighted by molar-refractivity contribution is 7.99. The molecule has 0 aliphatic rings. The Kier molecular flexibility index (Phi) is 6.43. The highest BCUT2D eigenvalue weighted by Gasteiger charge is 2.18. The third-order valence-electron chi connectivity index (χ3n) is 5.48. The number of para-hydroxylation sites is 1. The molecule has 0 atom stereocenters. The van der Waals surface area contributed by atoms with E-state index in [0.717, 1.165) is 38.0 Å². The second-order valence-electron chi connectivity index (χ2n) is 8.60. The van der Waals surface area contributed by atoms with Gasteiger partial charge >= 0.3 is 0 Å². The maximum atomic E-state index is 10.1. The minimum absolute atomic E-state index is 0.535. The van der Waals surface area contributed by atoms with Crippen LogP contribution in [0.3, 0.4) is 0 Å². The molecule has 0 amide bonds. The van der Waals surface area contributed by atoms with E-state index in [2.05, 4.69) is 16.2 Å². The number of rotatable bonds is 6. The summed E-state index contributed by atoms with van der Waals surface area (Å²) in [5, 5.41) is 15.8. The SMILES string of the molecule is CC(C)(O)c1cnc(-c2ccc(-c3nn(-c4ccccc4)cc3Sc3ccc(Cl)cc3)cc2)cn1. The number of aromatic nitrogens is 4. The summed E-state index contributed by atoms with van der Waals surface area (Å²) in [7, 11) is 0. The summed E-state index contributed by atoms with van der Waals surface area (Å²) in [6.45, 7) is 3.39. The molecule has 5 nitrogen and oxygen atoms in total. The Morgan fingerprint density at radius 1 is 0.829 bits per heavy atom. The standard InChI is InChI=1S/C28H23ClN4OS/c1-28(2,34)26-17-30-24(16-31-26)19-8-10-20(11-9-19)27-25(35-23-14-12-21(29)13-15-23)18-33(32-27)22-6-4-3-5-7-22/h3-18,34H,1-2H3. The highest BCUT2D eigenvalue weighted by Crippen LogP contribution is 2.37. The molecule has 1 N–H and O–H groups in total. The molecular formula is C28H23ClN4OS. The molecule has 3 aromatic carbocycles. The Morgan fingerprint density at radius 3 is 2.14 bits per heavy atom. The summed E-state index contributed by atoms with van der Waals surface area (Å²) in [4.78, 5) is 11.0. The van der Waals surface area contributed by atoms with Gasteiger partial charge in [0.2, 0.25) is 0 Å². The minimum Gasteiger partial charge on any atom is -0.384 e. The van der Waals surface area contributed by atoms with Gasteiger partial charge in [-0.05, 0) is 50.2 Å². The van der Waals surface area contributed by atoms with Crippen molar-refractivity contribution in [3.05, 3.63) is 108 Å². The molecule has 0 bridgehead atoms. The number of aliphatic hydroxyl groups is 1. The topological polar surface area (TPSA) is 63.8 Å². The number of nitrogens with zero attached hydrogens (tertiary/aromatic N) is 4. The maximum Gasteiger partial charge on any atom is 0.107 e. The van der Waals surface area contributed by atoms with E-state index in [-0.39, 0.29) is 0 Å². The Morgan fingerprint density at radius 2 is 1.51 bits per heavy atom. The van der Waals surface area contributed by atoms with E-state index in [1.165, 1.54) is 0 Å². The van der Waals surface area contributed by atoms with Crippen LogP contribution in [0.4, 0.5) is 0 Å². The first-order chi connectivity index (χ1) is 16.9. The van der Waals surface area contributed by atoms with Gasteiger partial charge in [-0.3, -0.25) is 9.97 Å². The predicted molar refractivity (Wildman–Crippen MR) is 141 cm³/mol. The van der Waals surface area contributed by atoms with Gasteiger partial charge < -0.3 is 5.11 Å². The van der Waals surface area contributed by atoms with Crippen molar-refractivity contribution in [1.82, 2.24) is 19.7 Å². The van der Waals surface area contributed by atoms with E-state index in [1.807, 2.05) is 83.5 Å². The van der Waals surface area contributed by atoms with Crippen LogP contribution in [0, 0.1) is 0 Å². The molecule has 35 heavy (non-hydrogen) atoms. The summed E-state index contributed by atoms with van der Waals surface area (Å²) in [5.41, 5.74) is 4.09. The van der Waals surface area contributed by atoms with Crippen molar-refractivity contribution in [1.29, 1.82) is 0 Å². The lowest BCUT2D eigenvalue weighted by molar-refractivity contribution is 0.0734. The molecule has 0 aliphatic heterocycles. The fourth-order valence-corrected chi connectivity index (χ4v) is 4.63. The molecular weight excluding hydrogens is 476 g/mol. The highest BCUT2D eigenvalue weighted by atomic mass is 35.5. The van der Waals surface area contributed by atoms with Crippen LogP contribution in [0.2, 0.25) is 5.02 Å². The zero-order valence-corrected chi connectivity index (χ0v) is 20.8. The lowest BCUT2D eigenvalue weighted by atomic mass is 10.1. The van der Waals surface area contributed by atoms with Crippen LogP contribution in [-0.4, -0.2) is 24.9 Å². The number of benzene rings is 3. The second kappa shape index (κ2) is 9.66. The Labute approximate surface area is 213 Å². The summed E-state index contributed by atoms with van der Waals surface area (Å²) >= 11 is 7.72. The van der Waals surface area contributed by atoms with Crippen LogP contribution in [0.25, 0.3) is 28.2 Å². The number of halogens is 1. The predicted octanol–water partition coefficient (Wildman–Crippen LogP) is 7.03. The largest absolute Gasteiger partial charge is 0.384 e. The van der Waals surface area contributed by atoms with Crippen molar-refractivity contribution in [3.63, 3.8) is 0 Å². The average Bonchev–Trinajstić information content (AvgIpc) is 3.29. The van der Waals surface area contributed by atoms with Gasteiger partial charge in [0, 0.05) is 27.2 Å². The fourth-order valence-electron chi connectivity index (χ4n) is 3.57. The Hall–Kier alpha value is -3.45. The zero-order valence-electron chi connectivity index (χ0n) is 19.3. The zero-order chi connectivity index (χ0) is 24.4. The van der Waals surface area contributed by atoms with Crippen molar-refractivity contribution in [2.45, 2.75) is 29.2 Å².